The van der Waals surface area contributed by atoms with Crippen LogP contribution >= 0.6 is 11.8 Å². The summed E-state index contributed by atoms with van der Waals surface area (Å²) in [5, 5.41) is 26.7. The van der Waals surface area contributed by atoms with Gasteiger partial charge in [-0.05, 0) is 12.2 Å². The van der Waals surface area contributed by atoms with Gasteiger partial charge in [0, 0.05) is 5.75 Å². The molecule has 0 bridgehead atoms. The maximum absolute atomic E-state index is 13.3. The lowest BCUT2D eigenvalue weighted by Gasteiger charge is -2.12. The second kappa shape index (κ2) is 6.50. The molecule has 100 valence electrons. The molecule has 0 spiro atoms. The van der Waals surface area contributed by atoms with Crippen molar-refractivity contribution < 1.29 is 29.2 Å². The maximum Gasteiger partial charge on any atom is 0.320 e. The second-order valence-electron chi connectivity index (χ2n) is 3.81. The number of aliphatic hydroxyl groups excluding tert-OH is 2. The largest absolute Gasteiger partial charge is 0.480 e. The minimum absolute atomic E-state index is 0.238. The first-order chi connectivity index (χ1) is 7.93. The quantitative estimate of drug-likeness (QED) is 0.454. The van der Waals surface area contributed by atoms with Crippen LogP contribution in [0, 0.1) is 0 Å². The van der Waals surface area contributed by atoms with Crippen LogP contribution in [0.3, 0.4) is 0 Å². The van der Waals surface area contributed by atoms with Crippen molar-refractivity contribution in [3.63, 3.8) is 0 Å². The van der Waals surface area contributed by atoms with Gasteiger partial charge < -0.3 is 25.8 Å². The highest BCUT2D eigenvalue weighted by molar-refractivity contribution is 7.99. The van der Waals surface area contributed by atoms with Gasteiger partial charge in [-0.3, -0.25) is 4.79 Å². The van der Waals surface area contributed by atoms with Crippen LogP contribution in [-0.4, -0.2) is 63.5 Å². The third kappa shape index (κ3) is 4.07. The predicted molar refractivity (Wildman–Crippen MR) is 59.3 cm³/mol. The van der Waals surface area contributed by atoms with Crippen LogP contribution in [-0.2, 0) is 9.53 Å². The van der Waals surface area contributed by atoms with Crippen molar-refractivity contribution in [2.45, 2.75) is 37.1 Å². The summed E-state index contributed by atoms with van der Waals surface area (Å²) >= 11 is 1.27. The molecular weight excluding hydrogens is 253 g/mol. The van der Waals surface area contributed by atoms with Gasteiger partial charge in [-0.25, -0.2) is 4.39 Å². The summed E-state index contributed by atoms with van der Waals surface area (Å²) in [6, 6.07) is -0.927. The van der Waals surface area contributed by atoms with Crippen LogP contribution in [0.25, 0.3) is 0 Å². The number of alkyl halides is 1. The van der Waals surface area contributed by atoms with Crippen LogP contribution in [0.15, 0.2) is 0 Å². The Morgan fingerprint density at radius 3 is 2.65 bits per heavy atom. The number of rotatable bonds is 6. The van der Waals surface area contributed by atoms with Gasteiger partial charge in [-0.1, -0.05) is 0 Å². The van der Waals surface area contributed by atoms with Crippen LogP contribution in [0.4, 0.5) is 4.39 Å². The summed E-state index contributed by atoms with van der Waals surface area (Å²) in [5.41, 5.74) is 5.28. The van der Waals surface area contributed by atoms with E-state index >= 15 is 0 Å². The molecule has 0 amide bonds. The van der Waals surface area contributed by atoms with Gasteiger partial charge in [0.25, 0.3) is 0 Å². The smallest absolute Gasteiger partial charge is 0.320 e. The van der Waals surface area contributed by atoms with E-state index in [1.54, 1.807) is 0 Å². The van der Waals surface area contributed by atoms with Crippen molar-refractivity contribution in [3.8, 4) is 0 Å². The zero-order valence-electron chi connectivity index (χ0n) is 9.03. The predicted octanol–water partition coefficient (Wildman–Crippen LogP) is -1.06. The normalized spacial score (nSPS) is 34.8. The third-order valence-electron chi connectivity index (χ3n) is 2.46. The number of carbonyl (C=O) groups is 1. The summed E-state index contributed by atoms with van der Waals surface area (Å²) in [6.07, 6.45) is -5.22. The molecule has 0 saturated carbocycles. The fourth-order valence-electron chi connectivity index (χ4n) is 1.38. The van der Waals surface area contributed by atoms with Crippen molar-refractivity contribution >= 4 is 17.7 Å². The number of thioether (sulfide) groups is 1. The number of aliphatic carboxylic acids is 1. The Bertz CT molecular complexity index is 270. The van der Waals surface area contributed by atoms with Crippen molar-refractivity contribution in [1.29, 1.82) is 0 Å². The molecule has 0 aromatic rings. The fourth-order valence-corrected chi connectivity index (χ4v) is 2.46. The number of carboxylic acids is 1. The highest BCUT2D eigenvalue weighted by Gasteiger charge is 2.42. The van der Waals surface area contributed by atoms with Crippen LogP contribution in [0.1, 0.15) is 6.42 Å². The molecule has 0 aromatic heterocycles. The lowest BCUT2D eigenvalue weighted by molar-refractivity contribution is -0.138. The SMILES string of the molecule is N[C@@H](CCSC[C@H]1OC(O)[C@H](O)[C@H]1F)C(=O)O. The van der Waals surface area contributed by atoms with Crippen molar-refractivity contribution in [2.24, 2.45) is 5.73 Å². The first-order valence-electron chi connectivity index (χ1n) is 5.15. The molecule has 1 unspecified atom stereocenters. The molecule has 17 heavy (non-hydrogen) atoms. The lowest BCUT2D eigenvalue weighted by atomic mass is 10.2. The summed E-state index contributed by atoms with van der Waals surface area (Å²) in [7, 11) is 0. The standard InChI is InChI=1S/C9H16FNO5S/c10-6-5(16-9(15)7(6)12)3-17-2-1-4(11)8(13)14/h4-7,9,12,15H,1-3,11H2,(H,13,14)/t4-,5+,6-,7+,9?/m0/s1. The molecule has 1 aliphatic rings. The average molecular weight is 269 g/mol. The number of aliphatic hydroxyl groups is 2. The Morgan fingerprint density at radius 2 is 2.18 bits per heavy atom. The van der Waals surface area contributed by atoms with Gasteiger partial charge in [-0.15, -0.1) is 0 Å². The van der Waals surface area contributed by atoms with Gasteiger partial charge in [-0.2, -0.15) is 11.8 Å². The van der Waals surface area contributed by atoms with Crippen molar-refractivity contribution in [1.82, 2.24) is 0 Å². The summed E-state index contributed by atoms with van der Waals surface area (Å²) in [4.78, 5) is 10.4. The van der Waals surface area contributed by atoms with Crippen molar-refractivity contribution in [3.05, 3.63) is 0 Å². The molecule has 6 nitrogen and oxygen atoms in total. The minimum Gasteiger partial charge on any atom is -0.480 e. The van der Waals surface area contributed by atoms with Crippen LogP contribution in [0.2, 0.25) is 0 Å². The van der Waals surface area contributed by atoms with Gasteiger partial charge >= 0.3 is 5.97 Å². The molecule has 0 aliphatic carbocycles. The first-order valence-corrected chi connectivity index (χ1v) is 6.30. The van der Waals surface area contributed by atoms with Gasteiger partial charge in [0.05, 0.1) is 0 Å². The molecule has 5 atom stereocenters. The molecule has 0 radical (unpaired) electrons. The first kappa shape index (κ1) is 14.7. The Kier molecular flexibility index (Phi) is 5.60. The maximum atomic E-state index is 13.3. The average Bonchev–Trinajstić information content (AvgIpc) is 2.52. The lowest BCUT2D eigenvalue weighted by Crippen LogP contribution is -2.31. The number of nitrogens with two attached hydrogens (primary N) is 1. The van der Waals surface area contributed by atoms with Crippen LogP contribution in [0.5, 0.6) is 0 Å². The molecule has 8 heteroatoms. The van der Waals surface area contributed by atoms with E-state index in [4.69, 9.17) is 25.8 Å². The summed E-state index contributed by atoms with van der Waals surface area (Å²) in [5.74, 6) is -0.384. The highest BCUT2D eigenvalue weighted by Crippen LogP contribution is 2.25. The molecule has 1 heterocycles. The molecule has 1 aliphatic heterocycles. The summed E-state index contributed by atoms with van der Waals surface area (Å²) in [6.45, 7) is 0. The van der Waals surface area contributed by atoms with E-state index in [2.05, 4.69) is 0 Å². The zero-order valence-corrected chi connectivity index (χ0v) is 9.85. The van der Waals surface area contributed by atoms with Gasteiger partial charge in [0.15, 0.2) is 12.5 Å². The number of hydrogen-bond acceptors (Lipinski definition) is 6. The Hall–Kier alpha value is -0.410. The number of hydrogen-bond donors (Lipinski definition) is 4. The number of halogens is 1. The van der Waals surface area contributed by atoms with E-state index in [0.717, 1.165) is 0 Å². The molecule has 5 N–H and O–H groups in total. The Balaban J connectivity index is 2.17. The molecule has 1 rings (SSSR count). The topological polar surface area (TPSA) is 113 Å². The minimum atomic E-state index is -1.62. The third-order valence-corrected chi connectivity index (χ3v) is 3.55. The zero-order chi connectivity index (χ0) is 13.0. The van der Waals surface area contributed by atoms with Gasteiger partial charge in [0.2, 0.25) is 0 Å². The molecule has 1 saturated heterocycles. The van der Waals surface area contributed by atoms with E-state index in [1.165, 1.54) is 11.8 Å². The number of ether oxygens (including phenoxy) is 1. The Labute approximate surface area is 102 Å². The molecule has 0 aromatic carbocycles. The Morgan fingerprint density at radius 1 is 1.53 bits per heavy atom. The van der Waals surface area contributed by atoms with Crippen molar-refractivity contribution in [2.75, 3.05) is 11.5 Å². The van der Waals surface area contributed by atoms with E-state index < -0.39 is 36.7 Å². The van der Waals surface area contributed by atoms with E-state index in [1.807, 2.05) is 0 Å². The van der Waals surface area contributed by atoms with E-state index in [-0.39, 0.29) is 12.2 Å². The highest BCUT2D eigenvalue weighted by atomic mass is 32.2. The van der Waals surface area contributed by atoms with E-state index in [0.29, 0.717) is 5.75 Å². The summed E-state index contributed by atoms with van der Waals surface area (Å²) < 4.78 is 18.1. The molecular formula is C9H16FNO5S. The van der Waals surface area contributed by atoms with E-state index in [9.17, 15) is 9.18 Å². The monoisotopic (exact) mass is 269 g/mol. The second-order valence-corrected chi connectivity index (χ2v) is 4.96. The molecule has 1 fully saturated rings. The van der Waals surface area contributed by atoms with Gasteiger partial charge in [0.1, 0.15) is 18.2 Å². The number of carboxylic acid groups (broad SMARTS) is 1. The fraction of sp³-hybridized carbons (Fsp3) is 0.889. The van der Waals surface area contributed by atoms with Crippen LogP contribution < -0.4 is 5.73 Å².